The van der Waals surface area contributed by atoms with E-state index in [4.69, 9.17) is 18.9 Å². The van der Waals surface area contributed by atoms with Crippen LogP contribution in [0.2, 0.25) is 0 Å². The van der Waals surface area contributed by atoms with Gasteiger partial charge >= 0.3 is 24.0 Å². The summed E-state index contributed by atoms with van der Waals surface area (Å²) < 4.78 is 21.5. The number of carbonyl (C=O) groups excluding carboxylic acids is 5. The molecule has 0 saturated carbocycles. The van der Waals surface area contributed by atoms with Crippen LogP contribution in [0.4, 0.5) is 10.5 Å². The molecule has 1 rings (SSSR count). The monoisotopic (exact) mass is 650 g/mol. The minimum atomic E-state index is -0.899. The second-order valence-electron chi connectivity index (χ2n) is 14.1. The quantitative estimate of drug-likeness (QED) is 0.0704. The van der Waals surface area contributed by atoms with Gasteiger partial charge in [-0.1, -0.05) is 6.42 Å². The van der Waals surface area contributed by atoms with Gasteiger partial charge in [0.15, 0.2) is 0 Å². The number of amides is 1. The Hall–Kier alpha value is -4.03. The van der Waals surface area contributed by atoms with Crippen LogP contribution in [0.5, 0.6) is 5.75 Å². The molecule has 46 heavy (non-hydrogen) atoms. The number of hydrogen-bond donors (Lipinski definition) is 1. The van der Waals surface area contributed by atoms with Gasteiger partial charge in [-0.15, -0.1) is 0 Å². The molecule has 0 aliphatic carbocycles. The van der Waals surface area contributed by atoms with Crippen LogP contribution in [0.1, 0.15) is 107 Å². The predicted molar refractivity (Wildman–Crippen MR) is 169 cm³/mol. The van der Waals surface area contributed by atoms with Crippen molar-refractivity contribution in [2.45, 2.75) is 124 Å². The first kappa shape index (κ1) is 40.0. The highest BCUT2D eigenvalue weighted by molar-refractivity contribution is 5.88. The molecule has 0 spiro atoms. The molecular formula is C33H50N2O11. The maximum Gasteiger partial charge on any atom is 0.412 e. The number of non-ortho nitro benzene ring substituents is 1. The molecular weight excluding hydrogens is 600 g/mol. The lowest BCUT2D eigenvalue weighted by molar-refractivity contribution is -0.384. The predicted octanol–water partition coefficient (Wildman–Crippen LogP) is 6.24. The van der Waals surface area contributed by atoms with E-state index in [9.17, 15) is 34.1 Å². The van der Waals surface area contributed by atoms with Crippen molar-refractivity contribution >= 4 is 35.5 Å². The first-order valence-corrected chi connectivity index (χ1v) is 15.4. The summed E-state index contributed by atoms with van der Waals surface area (Å²) in [5.74, 6) is -3.54. The molecule has 0 aromatic heterocycles. The zero-order valence-corrected chi connectivity index (χ0v) is 28.6. The van der Waals surface area contributed by atoms with Gasteiger partial charge in [-0.3, -0.25) is 29.3 Å². The molecule has 0 unspecified atom stereocenters. The van der Waals surface area contributed by atoms with Crippen LogP contribution in [-0.2, 0) is 33.4 Å². The molecule has 13 heteroatoms. The van der Waals surface area contributed by atoms with Crippen molar-refractivity contribution in [3.63, 3.8) is 0 Å². The Kier molecular flexibility index (Phi) is 15.3. The molecule has 0 aliphatic heterocycles. The Labute approximate surface area is 271 Å². The van der Waals surface area contributed by atoms with Crippen LogP contribution >= 0.6 is 0 Å². The number of unbranched alkanes of at least 4 members (excludes halogenated alkanes) is 1. The number of benzene rings is 1. The van der Waals surface area contributed by atoms with Gasteiger partial charge in [-0.2, -0.15) is 0 Å². The van der Waals surface area contributed by atoms with Gasteiger partial charge in [0.25, 0.3) is 5.69 Å². The first-order valence-electron chi connectivity index (χ1n) is 15.4. The standard InChI is InChI=1S/C33H50N2O11/c1-31(2,3)44-27(37)18-13-23(29(39)46-33(7,8)9)21-25(36)20-22(28(38)45-32(4,5)6)12-10-11-19-34-30(40)43-26-16-14-24(15-17-26)35(41)42/h14-17,22-23H,10-13,18-21H2,1-9H3,(H,34,40)/t22-,23-/m1/s1. The highest BCUT2D eigenvalue weighted by Gasteiger charge is 2.32. The molecule has 13 nitrogen and oxygen atoms in total. The largest absolute Gasteiger partial charge is 0.460 e. The number of ketones is 1. The summed E-state index contributed by atoms with van der Waals surface area (Å²) in [5, 5.41) is 13.3. The van der Waals surface area contributed by atoms with Gasteiger partial charge in [0.1, 0.15) is 28.3 Å². The number of carbonyl (C=O) groups is 5. The second-order valence-corrected chi connectivity index (χ2v) is 14.1. The number of esters is 3. The minimum absolute atomic E-state index is 0.0499. The molecule has 1 amide bonds. The highest BCUT2D eigenvalue weighted by atomic mass is 16.6. The molecule has 0 aliphatic rings. The smallest absolute Gasteiger partial charge is 0.412 e. The van der Waals surface area contributed by atoms with Crippen molar-refractivity contribution in [1.82, 2.24) is 5.32 Å². The van der Waals surface area contributed by atoms with Gasteiger partial charge in [0, 0.05) is 37.9 Å². The van der Waals surface area contributed by atoms with Crippen molar-refractivity contribution in [2.24, 2.45) is 11.8 Å². The normalized spacial score (nSPS) is 13.2. The molecule has 0 radical (unpaired) electrons. The topological polar surface area (TPSA) is 177 Å². The van der Waals surface area contributed by atoms with E-state index in [2.05, 4.69) is 5.32 Å². The molecule has 1 aromatic rings. The van der Waals surface area contributed by atoms with Crippen molar-refractivity contribution in [2.75, 3.05) is 6.54 Å². The average Bonchev–Trinajstić information content (AvgIpc) is 2.87. The van der Waals surface area contributed by atoms with Gasteiger partial charge in [-0.25, -0.2) is 4.79 Å². The van der Waals surface area contributed by atoms with Crippen LogP contribution in [-0.4, -0.2) is 58.1 Å². The van der Waals surface area contributed by atoms with Crippen LogP contribution in [0.3, 0.4) is 0 Å². The SMILES string of the molecule is CC(C)(C)OC(=O)CC[C@H](CC(=O)C[C@@H](CCCCNC(=O)Oc1ccc([N+](=O)[O-])cc1)C(=O)OC(C)(C)C)C(=O)OC(C)(C)C. The zero-order valence-electron chi connectivity index (χ0n) is 28.6. The lowest BCUT2D eigenvalue weighted by atomic mass is 9.90. The number of Topliss-reactive ketones (excluding diaryl/α,β-unsaturated/α-hetero) is 1. The van der Waals surface area contributed by atoms with Crippen LogP contribution in [0.15, 0.2) is 24.3 Å². The summed E-state index contributed by atoms with van der Waals surface area (Å²) in [6.45, 7) is 15.7. The summed E-state index contributed by atoms with van der Waals surface area (Å²) in [5.41, 5.74) is -2.41. The number of nitrogens with one attached hydrogen (secondary N) is 1. The second kappa shape index (κ2) is 17.6. The molecule has 0 heterocycles. The fourth-order valence-electron chi connectivity index (χ4n) is 4.18. The average molecular weight is 651 g/mol. The number of rotatable bonds is 16. The third-order valence-corrected chi connectivity index (χ3v) is 6.05. The number of hydrogen-bond acceptors (Lipinski definition) is 11. The molecule has 0 saturated heterocycles. The Morgan fingerprint density at radius 2 is 1.22 bits per heavy atom. The van der Waals surface area contributed by atoms with Crippen molar-refractivity contribution in [1.29, 1.82) is 0 Å². The summed E-state index contributed by atoms with van der Waals surface area (Å²) in [6.07, 6.45) is 0.0468. The highest BCUT2D eigenvalue weighted by Crippen LogP contribution is 2.25. The first-order chi connectivity index (χ1) is 21.0. The van der Waals surface area contributed by atoms with Crippen LogP contribution in [0.25, 0.3) is 0 Å². The minimum Gasteiger partial charge on any atom is -0.460 e. The summed E-state index contributed by atoms with van der Waals surface area (Å²) in [4.78, 5) is 73.9. The number of nitrogens with zero attached hydrogens (tertiary/aromatic N) is 1. The molecule has 0 fully saturated rings. The lowest BCUT2D eigenvalue weighted by Gasteiger charge is -2.25. The van der Waals surface area contributed by atoms with Crippen LogP contribution < -0.4 is 10.1 Å². The fraction of sp³-hybridized carbons (Fsp3) is 0.667. The number of nitro benzene ring substituents is 1. The fourth-order valence-corrected chi connectivity index (χ4v) is 4.18. The maximum absolute atomic E-state index is 13.2. The molecule has 0 bridgehead atoms. The molecule has 1 aromatic carbocycles. The van der Waals surface area contributed by atoms with Crippen molar-refractivity contribution in [3.05, 3.63) is 34.4 Å². The third-order valence-electron chi connectivity index (χ3n) is 6.05. The van der Waals surface area contributed by atoms with Crippen molar-refractivity contribution < 1.29 is 47.8 Å². The Balaban J connectivity index is 2.81. The van der Waals surface area contributed by atoms with E-state index in [1.807, 2.05) is 0 Å². The van der Waals surface area contributed by atoms with E-state index in [-0.39, 0.29) is 55.9 Å². The maximum atomic E-state index is 13.2. The van der Waals surface area contributed by atoms with E-state index in [1.165, 1.54) is 24.3 Å². The van der Waals surface area contributed by atoms with E-state index in [1.54, 1.807) is 62.3 Å². The van der Waals surface area contributed by atoms with E-state index >= 15 is 0 Å². The molecule has 258 valence electrons. The molecule has 2 atom stereocenters. The van der Waals surface area contributed by atoms with Gasteiger partial charge in [0.2, 0.25) is 0 Å². The molecule has 1 N–H and O–H groups in total. The summed E-state index contributed by atoms with van der Waals surface area (Å²) in [6, 6.07) is 5.06. The van der Waals surface area contributed by atoms with Gasteiger partial charge in [0.05, 0.1) is 16.8 Å². The Morgan fingerprint density at radius 1 is 0.739 bits per heavy atom. The van der Waals surface area contributed by atoms with Crippen molar-refractivity contribution in [3.8, 4) is 5.75 Å². The zero-order chi connectivity index (χ0) is 35.3. The van der Waals surface area contributed by atoms with E-state index < -0.39 is 57.6 Å². The van der Waals surface area contributed by atoms with Gasteiger partial charge in [-0.05, 0) is 93.7 Å². The lowest BCUT2D eigenvalue weighted by Crippen LogP contribution is -2.33. The van der Waals surface area contributed by atoms with E-state index in [0.29, 0.717) is 12.8 Å². The Bertz CT molecular complexity index is 1210. The van der Waals surface area contributed by atoms with E-state index in [0.717, 1.165) is 0 Å². The summed E-state index contributed by atoms with van der Waals surface area (Å²) in [7, 11) is 0. The van der Waals surface area contributed by atoms with Crippen LogP contribution in [0, 0.1) is 22.0 Å². The number of ether oxygens (including phenoxy) is 4. The van der Waals surface area contributed by atoms with Gasteiger partial charge < -0.3 is 24.3 Å². The Morgan fingerprint density at radius 3 is 1.67 bits per heavy atom. The third kappa shape index (κ3) is 18.1. The number of nitro groups is 1. The summed E-state index contributed by atoms with van der Waals surface area (Å²) >= 11 is 0.